The van der Waals surface area contributed by atoms with E-state index in [-0.39, 0.29) is 10.4 Å². The van der Waals surface area contributed by atoms with Crippen molar-refractivity contribution in [2.45, 2.75) is 23.5 Å². The van der Waals surface area contributed by atoms with E-state index in [4.69, 9.17) is 29.6 Å². The Hall–Kier alpha value is -1.56. The van der Waals surface area contributed by atoms with Crippen LogP contribution in [-0.2, 0) is 0 Å². The van der Waals surface area contributed by atoms with Crippen molar-refractivity contribution in [3.05, 3.63) is 65.2 Å². The highest BCUT2D eigenvalue weighted by Gasteiger charge is 2.14. The predicted molar refractivity (Wildman–Crippen MR) is 104 cm³/mol. The van der Waals surface area contributed by atoms with Crippen molar-refractivity contribution in [2.24, 2.45) is 10.8 Å². The number of nitrogens with two attached hydrogens (primary N) is 1. The summed E-state index contributed by atoms with van der Waals surface area (Å²) in [5, 5.41) is 5.37. The summed E-state index contributed by atoms with van der Waals surface area (Å²) in [7, 11) is 0. The summed E-state index contributed by atoms with van der Waals surface area (Å²) < 4.78 is 0. The topological polar surface area (TPSA) is 50.4 Å². The molecule has 23 heavy (non-hydrogen) atoms. The van der Waals surface area contributed by atoms with Crippen LogP contribution in [0.25, 0.3) is 0 Å². The van der Waals surface area contributed by atoms with Crippen molar-refractivity contribution < 1.29 is 0 Å². The Bertz CT molecular complexity index is 672. The molecule has 3 N–H and O–H groups in total. The summed E-state index contributed by atoms with van der Waals surface area (Å²) >= 11 is 12.5. The van der Waals surface area contributed by atoms with Crippen molar-refractivity contribution in [3.8, 4) is 0 Å². The first-order valence-corrected chi connectivity index (χ1v) is 8.77. The Morgan fingerprint density at radius 1 is 1.22 bits per heavy atom. The number of nitrogens with zero attached hydrogens (tertiary/aromatic N) is 1. The first-order chi connectivity index (χ1) is 11.0. The number of thioether (sulfide) groups is 1. The van der Waals surface area contributed by atoms with Crippen LogP contribution in [0.5, 0.6) is 0 Å². The second-order valence-corrected chi connectivity index (χ2v) is 7.15. The predicted octanol–water partition coefficient (Wildman–Crippen LogP) is 4.77. The molecule has 0 unspecified atom stereocenters. The van der Waals surface area contributed by atoms with Crippen molar-refractivity contribution in [1.82, 2.24) is 5.43 Å². The van der Waals surface area contributed by atoms with Crippen molar-refractivity contribution in [2.75, 3.05) is 0 Å². The number of hydrogen-bond donors (Lipinski definition) is 2. The van der Waals surface area contributed by atoms with E-state index in [1.807, 2.05) is 49.4 Å². The molecule has 0 radical (unpaired) electrons. The standard InChI is InChI=1S/C17H18ClN3S2/c1-12(20-21-17(19)22)11-16(13-5-3-2-4-6-13)23-15-9-7-14(18)8-10-15/h2-10,16H,11H2,1H3,(H3,19,21,22)/t16-/m0/s1. The van der Waals surface area contributed by atoms with Gasteiger partial charge in [-0.1, -0.05) is 41.9 Å². The van der Waals surface area contributed by atoms with E-state index < -0.39 is 0 Å². The van der Waals surface area contributed by atoms with Gasteiger partial charge in [0.2, 0.25) is 0 Å². The first kappa shape index (κ1) is 17.8. The highest BCUT2D eigenvalue weighted by molar-refractivity contribution is 7.99. The summed E-state index contributed by atoms with van der Waals surface area (Å²) in [6, 6.07) is 18.2. The summed E-state index contributed by atoms with van der Waals surface area (Å²) in [6.45, 7) is 1.96. The fourth-order valence-electron chi connectivity index (χ4n) is 2.04. The number of hydrogen-bond acceptors (Lipinski definition) is 3. The van der Waals surface area contributed by atoms with E-state index >= 15 is 0 Å². The van der Waals surface area contributed by atoms with Crippen molar-refractivity contribution >= 4 is 46.4 Å². The van der Waals surface area contributed by atoms with Gasteiger partial charge in [0.05, 0.1) is 0 Å². The average molecular weight is 364 g/mol. The molecule has 120 valence electrons. The highest BCUT2D eigenvalue weighted by atomic mass is 35.5. The zero-order valence-corrected chi connectivity index (χ0v) is 15.1. The lowest BCUT2D eigenvalue weighted by Gasteiger charge is -2.17. The second kappa shape index (κ2) is 8.91. The lowest BCUT2D eigenvalue weighted by Crippen LogP contribution is -2.25. The van der Waals surface area contributed by atoms with E-state index in [1.54, 1.807) is 11.8 Å². The minimum atomic E-state index is 0.172. The molecule has 0 heterocycles. The molecule has 0 aliphatic rings. The molecule has 2 aromatic rings. The van der Waals surface area contributed by atoms with Crippen LogP contribution in [0, 0.1) is 0 Å². The van der Waals surface area contributed by atoms with Gasteiger partial charge in [-0.05, 0) is 49.0 Å². The van der Waals surface area contributed by atoms with Crippen LogP contribution >= 0.6 is 35.6 Å². The van der Waals surface area contributed by atoms with Gasteiger partial charge in [-0.2, -0.15) is 5.10 Å². The molecule has 6 heteroatoms. The third kappa shape index (κ3) is 6.22. The third-order valence-electron chi connectivity index (χ3n) is 3.10. The van der Waals surface area contributed by atoms with Crippen LogP contribution in [0.15, 0.2) is 64.6 Å². The molecule has 0 bridgehead atoms. The normalized spacial score (nSPS) is 12.7. The van der Waals surface area contributed by atoms with E-state index in [2.05, 4.69) is 22.7 Å². The molecule has 0 aliphatic carbocycles. The Labute approximate surface area is 151 Å². The van der Waals surface area contributed by atoms with Gasteiger partial charge < -0.3 is 5.73 Å². The van der Waals surface area contributed by atoms with Crippen LogP contribution < -0.4 is 11.2 Å². The van der Waals surface area contributed by atoms with Crippen LogP contribution in [0.2, 0.25) is 5.02 Å². The summed E-state index contributed by atoms with van der Waals surface area (Å²) in [4.78, 5) is 1.17. The monoisotopic (exact) mass is 363 g/mol. The lowest BCUT2D eigenvalue weighted by atomic mass is 10.1. The molecular formula is C17H18ClN3S2. The van der Waals surface area contributed by atoms with Gasteiger partial charge >= 0.3 is 0 Å². The molecule has 3 nitrogen and oxygen atoms in total. The lowest BCUT2D eigenvalue weighted by molar-refractivity contribution is 0.952. The maximum absolute atomic E-state index is 5.96. The minimum absolute atomic E-state index is 0.172. The van der Waals surface area contributed by atoms with Gasteiger partial charge in [0.15, 0.2) is 5.11 Å². The van der Waals surface area contributed by atoms with Gasteiger partial charge in [-0.3, -0.25) is 5.43 Å². The van der Waals surface area contributed by atoms with E-state index in [0.29, 0.717) is 0 Å². The van der Waals surface area contributed by atoms with Gasteiger partial charge in [-0.25, -0.2) is 0 Å². The van der Waals surface area contributed by atoms with E-state index in [1.165, 1.54) is 10.5 Å². The summed E-state index contributed by atoms with van der Waals surface area (Å²) in [5.74, 6) is 0. The number of benzene rings is 2. The fourth-order valence-corrected chi connectivity index (χ4v) is 3.45. The Morgan fingerprint density at radius 3 is 2.48 bits per heavy atom. The van der Waals surface area contributed by atoms with Gasteiger partial charge in [0.25, 0.3) is 0 Å². The summed E-state index contributed by atoms with van der Waals surface area (Å²) in [5.41, 5.74) is 10.2. The molecular weight excluding hydrogens is 346 g/mol. The third-order valence-corrected chi connectivity index (χ3v) is 4.71. The van der Waals surface area contributed by atoms with Crippen LogP contribution in [0.1, 0.15) is 24.2 Å². The summed E-state index contributed by atoms with van der Waals surface area (Å²) in [6.07, 6.45) is 0.785. The number of hydrazone groups is 1. The second-order valence-electron chi connectivity index (χ2n) is 5.00. The maximum atomic E-state index is 5.96. The highest BCUT2D eigenvalue weighted by Crippen LogP contribution is 2.38. The smallest absolute Gasteiger partial charge is 0.184 e. The molecule has 2 rings (SSSR count). The van der Waals surface area contributed by atoms with Crippen LogP contribution in [0.4, 0.5) is 0 Å². The molecule has 0 aromatic heterocycles. The molecule has 0 aliphatic heterocycles. The Morgan fingerprint density at radius 2 is 1.87 bits per heavy atom. The maximum Gasteiger partial charge on any atom is 0.184 e. The molecule has 0 saturated carbocycles. The SMILES string of the molecule is CC(C[C@H](Sc1ccc(Cl)cc1)c1ccccc1)=NNC(N)=S. The Balaban J connectivity index is 2.17. The molecule has 0 fully saturated rings. The molecule has 1 atom stereocenters. The van der Waals surface area contributed by atoms with Gasteiger partial charge in [0.1, 0.15) is 0 Å². The number of halogens is 1. The molecule has 0 spiro atoms. The molecule has 0 saturated heterocycles. The van der Waals surface area contributed by atoms with Crippen molar-refractivity contribution in [3.63, 3.8) is 0 Å². The van der Waals surface area contributed by atoms with Gasteiger partial charge in [0, 0.05) is 27.3 Å². The zero-order chi connectivity index (χ0) is 16.7. The average Bonchev–Trinajstić information content (AvgIpc) is 2.55. The quantitative estimate of drug-likeness (QED) is 0.336. The van der Waals surface area contributed by atoms with E-state index in [0.717, 1.165) is 17.2 Å². The minimum Gasteiger partial charge on any atom is -0.375 e. The van der Waals surface area contributed by atoms with Gasteiger partial charge in [-0.15, -0.1) is 11.8 Å². The number of nitrogens with one attached hydrogen (secondary N) is 1. The Kier molecular flexibility index (Phi) is 6.89. The molecule has 2 aromatic carbocycles. The first-order valence-electron chi connectivity index (χ1n) is 7.10. The van der Waals surface area contributed by atoms with Crippen LogP contribution in [0.3, 0.4) is 0 Å². The largest absolute Gasteiger partial charge is 0.375 e. The van der Waals surface area contributed by atoms with E-state index in [9.17, 15) is 0 Å². The van der Waals surface area contributed by atoms with Crippen molar-refractivity contribution in [1.29, 1.82) is 0 Å². The molecule has 0 amide bonds. The number of thiocarbonyl (C=S) groups is 1. The number of rotatable bonds is 6. The van der Waals surface area contributed by atoms with Crippen LogP contribution in [-0.4, -0.2) is 10.8 Å². The fraction of sp³-hybridized carbons (Fsp3) is 0.176. The zero-order valence-electron chi connectivity index (χ0n) is 12.7.